The molecular weight excluding hydrogens is 352 g/mol. The molecule has 2 aromatic carbocycles. The summed E-state index contributed by atoms with van der Waals surface area (Å²) in [5.41, 5.74) is 2.84. The van der Waals surface area contributed by atoms with Crippen molar-refractivity contribution in [2.24, 2.45) is 4.99 Å². The molecule has 0 spiro atoms. The van der Waals surface area contributed by atoms with Gasteiger partial charge in [-0.2, -0.15) is 4.99 Å². The van der Waals surface area contributed by atoms with Crippen LogP contribution in [0.5, 0.6) is 0 Å². The van der Waals surface area contributed by atoms with Crippen LogP contribution < -0.4 is 4.80 Å². The first kappa shape index (κ1) is 17.6. The number of amides is 1. The van der Waals surface area contributed by atoms with E-state index in [1.807, 2.05) is 18.2 Å². The van der Waals surface area contributed by atoms with E-state index in [-0.39, 0.29) is 5.91 Å². The molecule has 3 rings (SSSR count). The first-order chi connectivity index (χ1) is 12.1. The second kappa shape index (κ2) is 7.81. The van der Waals surface area contributed by atoms with E-state index in [9.17, 15) is 4.79 Å². The van der Waals surface area contributed by atoms with E-state index in [2.05, 4.69) is 35.5 Å². The molecule has 0 fully saturated rings. The third kappa shape index (κ3) is 3.75. The zero-order valence-corrected chi connectivity index (χ0v) is 15.8. The highest BCUT2D eigenvalue weighted by Gasteiger charge is 2.14. The monoisotopic (exact) mass is 370 g/mol. The number of aromatic nitrogens is 1. The summed E-state index contributed by atoms with van der Waals surface area (Å²) in [6.45, 7) is 4.96. The van der Waals surface area contributed by atoms with Gasteiger partial charge in [0, 0.05) is 22.0 Å². The average molecular weight is 371 g/mol. The highest BCUT2D eigenvalue weighted by Crippen LogP contribution is 2.26. The number of aryl methyl sites for hydroxylation is 1. The third-order valence-corrected chi connectivity index (χ3v) is 5.43. The van der Waals surface area contributed by atoms with Crippen molar-refractivity contribution in [1.82, 2.24) is 4.57 Å². The van der Waals surface area contributed by atoms with Crippen LogP contribution in [0.25, 0.3) is 11.3 Å². The Morgan fingerprint density at radius 3 is 2.36 bits per heavy atom. The standard InChI is InChI=1S/C20H19ClN2OS/c1-3-17-18(14-8-6-5-7-9-14)23(4-2)20(25-17)22-19(24)15-10-12-16(21)13-11-15/h5-13H,3-4H2,1-2H3. The first-order valence-corrected chi connectivity index (χ1v) is 9.46. The van der Waals surface area contributed by atoms with Gasteiger partial charge in [0.05, 0.1) is 5.69 Å². The van der Waals surface area contributed by atoms with Crippen LogP contribution in [-0.4, -0.2) is 10.5 Å². The van der Waals surface area contributed by atoms with Gasteiger partial charge in [-0.1, -0.05) is 48.9 Å². The Morgan fingerprint density at radius 2 is 1.76 bits per heavy atom. The number of hydrogen-bond acceptors (Lipinski definition) is 2. The zero-order chi connectivity index (χ0) is 17.8. The molecule has 0 aliphatic heterocycles. The van der Waals surface area contributed by atoms with Gasteiger partial charge < -0.3 is 4.57 Å². The van der Waals surface area contributed by atoms with Crippen LogP contribution in [0.3, 0.4) is 0 Å². The summed E-state index contributed by atoms with van der Waals surface area (Å²) >= 11 is 7.47. The van der Waals surface area contributed by atoms with Crippen LogP contribution in [0, 0.1) is 0 Å². The lowest BCUT2D eigenvalue weighted by Crippen LogP contribution is -2.17. The molecule has 0 aliphatic rings. The van der Waals surface area contributed by atoms with Gasteiger partial charge in [0.2, 0.25) is 0 Å². The fourth-order valence-electron chi connectivity index (χ4n) is 2.73. The van der Waals surface area contributed by atoms with Crippen LogP contribution in [0.15, 0.2) is 59.6 Å². The predicted molar refractivity (Wildman–Crippen MR) is 104 cm³/mol. The molecule has 0 radical (unpaired) electrons. The van der Waals surface area contributed by atoms with E-state index in [1.54, 1.807) is 35.6 Å². The van der Waals surface area contributed by atoms with Crippen molar-refractivity contribution < 1.29 is 4.79 Å². The SMILES string of the molecule is CCc1sc(=NC(=O)c2ccc(Cl)cc2)n(CC)c1-c1ccccc1. The van der Waals surface area contributed by atoms with Gasteiger partial charge >= 0.3 is 0 Å². The minimum Gasteiger partial charge on any atom is -0.316 e. The Kier molecular flexibility index (Phi) is 5.51. The number of hydrogen-bond donors (Lipinski definition) is 0. The molecule has 1 heterocycles. The zero-order valence-electron chi connectivity index (χ0n) is 14.2. The fraction of sp³-hybridized carbons (Fsp3) is 0.200. The van der Waals surface area contributed by atoms with Crippen LogP contribution in [0.1, 0.15) is 29.1 Å². The highest BCUT2D eigenvalue weighted by atomic mass is 35.5. The van der Waals surface area contributed by atoms with Crippen molar-refractivity contribution >= 4 is 28.8 Å². The largest absolute Gasteiger partial charge is 0.316 e. The van der Waals surface area contributed by atoms with E-state index in [0.717, 1.165) is 29.0 Å². The van der Waals surface area contributed by atoms with Gasteiger partial charge in [0.1, 0.15) is 0 Å². The van der Waals surface area contributed by atoms with Gasteiger partial charge in [0.25, 0.3) is 5.91 Å². The molecular formula is C20H19ClN2OS. The second-order valence-electron chi connectivity index (χ2n) is 5.54. The molecule has 0 N–H and O–H groups in total. The maximum absolute atomic E-state index is 12.5. The molecule has 1 aromatic heterocycles. The van der Waals surface area contributed by atoms with Crippen molar-refractivity contribution in [2.45, 2.75) is 26.8 Å². The summed E-state index contributed by atoms with van der Waals surface area (Å²) < 4.78 is 2.12. The van der Waals surface area contributed by atoms with Gasteiger partial charge in [0.15, 0.2) is 4.80 Å². The number of nitrogens with zero attached hydrogens (tertiary/aromatic N) is 2. The summed E-state index contributed by atoms with van der Waals surface area (Å²) in [5, 5.41) is 0.607. The van der Waals surface area contributed by atoms with E-state index in [1.165, 1.54) is 4.88 Å². The number of benzene rings is 2. The Morgan fingerprint density at radius 1 is 1.08 bits per heavy atom. The summed E-state index contributed by atoms with van der Waals surface area (Å²) in [5.74, 6) is -0.248. The lowest BCUT2D eigenvalue weighted by atomic mass is 10.1. The summed E-state index contributed by atoms with van der Waals surface area (Å²) in [6.07, 6.45) is 0.902. The van der Waals surface area contributed by atoms with Gasteiger partial charge in [-0.3, -0.25) is 4.79 Å². The maximum atomic E-state index is 12.5. The topological polar surface area (TPSA) is 34.4 Å². The fourth-order valence-corrected chi connectivity index (χ4v) is 4.01. The minimum atomic E-state index is -0.248. The molecule has 0 unspecified atom stereocenters. The summed E-state index contributed by atoms with van der Waals surface area (Å²) in [4.78, 5) is 18.9. The molecule has 3 nitrogen and oxygen atoms in total. The molecule has 5 heteroatoms. The smallest absolute Gasteiger partial charge is 0.279 e. The number of carbonyl (C=O) groups excluding carboxylic acids is 1. The predicted octanol–water partition coefficient (Wildman–Crippen LogP) is 5.19. The Labute approximate surface area is 156 Å². The minimum absolute atomic E-state index is 0.248. The van der Waals surface area contributed by atoms with Crippen LogP contribution in [-0.2, 0) is 13.0 Å². The second-order valence-corrected chi connectivity index (χ2v) is 7.04. The average Bonchev–Trinajstić information content (AvgIpc) is 3.00. The lowest BCUT2D eigenvalue weighted by molar-refractivity contribution is 0.0998. The molecule has 25 heavy (non-hydrogen) atoms. The number of carbonyl (C=O) groups is 1. The van der Waals surface area contributed by atoms with Crippen LogP contribution >= 0.6 is 22.9 Å². The highest BCUT2D eigenvalue weighted by molar-refractivity contribution is 7.09. The van der Waals surface area contributed by atoms with Gasteiger partial charge in [-0.25, -0.2) is 0 Å². The Hall–Kier alpha value is -2.17. The summed E-state index contributed by atoms with van der Waals surface area (Å²) in [6, 6.07) is 17.1. The van der Waals surface area contributed by atoms with Crippen LogP contribution in [0.4, 0.5) is 0 Å². The maximum Gasteiger partial charge on any atom is 0.279 e. The third-order valence-electron chi connectivity index (χ3n) is 3.95. The van der Waals surface area contributed by atoms with Crippen molar-refractivity contribution in [2.75, 3.05) is 0 Å². The van der Waals surface area contributed by atoms with Crippen molar-refractivity contribution in [1.29, 1.82) is 0 Å². The number of rotatable bonds is 4. The van der Waals surface area contributed by atoms with Gasteiger partial charge in [-0.15, -0.1) is 11.3 Å². The summed E-state index contributed by atoms with van der Waals surface area (Å²) in [7, 11) is 0. The molecule has 0 aliphatic carbocycles. The molecule has 0 bridgehead atoms. The Balaban J connectivity index is 2.12. The van der Waals surface area contributed by atoms with Crippen LogP contribution in [0.2, 0.25) is 5.02 Å². The number of halogens is 1. The quantitative estimate of drug-likeness (QED) is 0.622. The molecule has 0 atom stereocenters. The van der Waals surface area contributed by atoms with Crippen molar-refractivity contribution in [3.63, 3.8) is 0 Å². The first-order valence-electron chi connectivity index (χ1n) is 8.26. The van der Waals surface area contributed by atoms with E-state index < -0.39 is 0 Å². The molecule has 0 saturated carbocycles. The van der Waals surface area contributed by atoms with Crippen molar-refractivity contribution in [3.05, 3.63) is 74.9 Å². The normalized spacial score (nSPS) is 11.7. The number of thiazole rings is 1. The molecule has 0 saturated heterocycles. The molecule has 1 amide bonds. The lowest BCUT2D eigenvalue weighted by Gasteiger charge is -2.08. The van der Waals surface area contributed by atoms with E-state index in [4.69, 9.17) is 11.6 Å². The molecule has 3 aromatic rings. The molecule has 128 valence electrons. The Bertz CT molecular complexity index is 940. The van der Waals surface area contributed by atoms with E-state index >= 15 is 0 Å². The van der Waals surface area contributed by atoms with Crippen molar-refractivity contribution in [3.8, 4) is 11.3 Å². The van der Waals surface area contributed by atoms with E-state index in [0.29, 0.717) is 10.6 Å². The van der Waals surface area contributed by atoms with Gasteiger partial charge in [-0.05, 0) is 43.2 Å².